The fourth-order valence-corrected chi connectivity index (χ4v) is 3.06. The van der Waals surface area contributed by atoms with Crippen LogP contribution in [-0.2, 0) is 0 Å². The largest absolute Gasteiger partial charge is 0.467 e. The first-order chi connectivity index (χ1) is 8.74. The predicted molar refractivity (Wildman–Crippen MR) is 70.2 cm³/mol. The van der Waals surface area contributed by atoms with Crippen LogP contribution in [0.3, 0.4) is 0 Å². The van der Waals surface area contributed by atoms with E-state index >= 15 is 0 Å². The Labute approximate surface area is 111 Å². The minimum absolute atomic E-state index is 0.346. The van der Waals surface area contributed by atoms with Crippen molar-refractivity contribution in [3.63, 3.8) is 0 Å². The summed E-state index contributed by atoms with van der Waals surface area (Å²) in [7, 11) is 1.55. The molecule has 2 saturated heterocycles. The second-order valence-corrected chi connectivity index (χ2v) is 5.41. The van der Waals surface area contributed by atoms with E-state index in [2.05, 4.69) is 20.6 Å². The molecular formula is C12H17ClN4O. The van der Waals surface area contributed by atoms with Gasteiger partial charge in [0.15, 0.2) is 5.82 Å². The predicted octanol–water partition coefficient (Wildman–Crippen LogP) is 1.83. The van der Waals surface area contributed by atoms with Gasteiger partial charge in [0.1, 0.15) is 5.02 Å². The highest BCUT2D eigenvalue weighted by Gasteiger charge is 2.33. The zero-order chi connectivity index (χ0) is 12.5. The summed E-state index contributed by atoms with van der Waals surface area (Å²) in [4.78, 5) is 8.23. The standard InChI is InChI=1S/C12H17ClN4O/c1-18-12-14-6-10(13)11(17-12)16-9-4-7-2-3-8(5-9)15-7/h6-9,15H,2-5H2,1H3,(H,14,16,17). The summed E-state index contributed by atoms with van der Waals surface area (Å²) in [5, 5.41) is 7.58. The monoisotopic (exact) mass is 268 g/mol. The smallest absolute Gasteiger partial charge is 0.318 e. The van der Waals surface area contributed by atoms with E-state index in [1.807, 2.05) is 0 Å². The van der Waals surface area contributed by atoms with Crippen LogP contribution in [0.4, 0.5) is 5.82 Å². The van der Waals surface area contributed by atoms with Gasteiger partial charge in [0.25, 0.3) is 0 Å². The van der Waals surface area contributed by atoms with E-state index in [9.17, 15) is 0 Å². The second-order valence-electron chi connectivity index (χ2n) is 5.00. The lowest BCUT2D eigenvalue weighted by atomic mass is 10.00. The van der Waals surface area contributed by atoms with Crippen molar-refractivity contribution in [3.8, 4) is 6.01 Å². The third-order valence-electron chi connectivity index (χ3n) is 3.72. The Kier molecular flexibility index (Phi) is 3.26. The van der Waals surface area contributed by atoms with Crippen LogP contribution in [0, 0.1) is 0 Å². The number of hydrogen-bond acceptors (Lipinski definition) is 5. The van der Waals surface area contributed by atoms with Crippen molar-refractivity contribution in [2.45, 2.75) is 43.8 Å². The topological polar surface area (TPSA) is 59.1 Å². The molecule has 0 spiro atoms. The highest BCUT2D eigenvalue weighted by molar-refractivity contribution is 6.32. The minimum Gasteiger partial charge on any atom is -0.467 e. The molecule has 3 heterocycles. The summed E-state index contributed by atoms with van der Waals surface area (Å²) in [5.74, 6) is 0.676. The highest BCUT2D eigenvalue weighted by Crippen LogP contribution is 2.30. The van der Waals surface area contributed by atoms with Gasteiger partial charge in [-0.1, -0.05) is 11.6 Å². The maximum Gasteiger partial charge on any atom is 0.318 e. The van der Waals surface area contributed by atoms with E-state index < -0.39 is 0 Å². The molecule has 6 heteroatoms. The number of fused-ring (bicyclic) bond motifs is 2. The highest BCUT2D eigenvalue weighted by atomic mass is 35.5. The van der Waals surface area contributed by atoms with Crippen LogP contribution >= 0.6 is 11.6 Å². The van der Waals surface area contributed by atoms with E-state index in [-0.39, 0.29) is 0 Å². The number of nitrogens with one attached hydrogen (secondary N) is 2. The normalized spacial score (nSPS) is 30.2. The fraction of sp³-hybridized carbons (Fsp3) is 0.667. The van der Waals surface area contributed by atoms with Crippen molar-refractivity contribution in [3.05, 3.63) is 11.2 Å². The molecule has 1 aromatic rings. The summed E-state index contributed by atoms with van der Waals surface area (Å²) in [6, 6.07) is 2.06. The van der Waals surface area contributed by atoms with Crippen LogP contribution in [0.1, 0.15) is 25.7 Å². The molecule has 0 radical (unpaired) electrons. The van der Waals surface area contributed by atoms with Gasteiger partial charge in [-0.3, -0.25) is 0 Å². The molecule has 98 valence electrons. The van der Waals surface area contributed by atoms with Crippen LogP contribution in [-0.4, -0.2) is 35.2 Å². The van der Waals surface area contributed by atoms with Crippen molar-refractivity contribution in [1.29, 1.82) is 0 Å². The average molecular weight is 269 g/mol. The van der Waals surface area contributed by atoms with Crippen molar-refractivity contribution in [2.24, 2.45) is 0 Å². The molecule has 2 aliphatic rings. The van der Waals surface area contributed by atoms with E-state index in [0.29, 0.717) is 35.0 Å². The fourth-order valence-electron chi connectivity index (χ4n) is 2.92. The van der Waals surface area contributed by atoms with Crippen LogP contribution in [0.25, 0.3) is 0 Å². The second kappa shape index (κ2) is 4.90. The molecule has 2 atom stereocenters. The van der Waals surface area contributed by atoms with Gasteiger partial charge in [-0.2, -0.15) is 4.98 Å². The van der Waals surface area contributed by atoms with Gasteiger partial charge in [0, 0.05) is 18.1 Å². The van der Waals surface area contributed by atoms with Crippen molar-refractivity contribution in [2.75, 3.05) is 12.4 Å². The van der Waals surface area contributed by atoms with Gasteiger partial charge < -0.3 is 15.4 Å². The van der Waals surface area contributed by atoms with Gasteiger partial charge in [0.05, 0.1) is 13.3 Å². The number of methoxy groups -OCH3 is 1. The summed E-state index contributed by atoms with van der Waals surface area (Å²) in [6.07, 6.45) is 6.39. The maximum absolute atomic E-state index is 6.10. The molecule has 1 aromatic heterocycles. The maximum atomic E-state index is 6.10. The van der Waals surface area contributed by atoms with E-state index in [4.69, 9.17) is 16.3 Å². The first kappa shape index (κ1) is 12.0. The van der Waals surface area contributed by atoms with Gasteiger partial charge in [0.2, 0.25) is 0 Å². The summed E-state index contributed by atoms with van der Waals surface area (Å²) < 4.78 is 5.02. The number of hydrogen-bond donors (Lipinski definition) is 2. The van der Waals surface area contributed by atoms with Crippen molar-refractivity contribution in [1.82, 2.24) is 15.3 Å². The van der Waals surface area contributed by atoms with Crippen molar-refractivity contribution < 1.29 is 4.74 Å². The first-order valence-corrected chi connectivity index (χ1v) is 6.71. The third kappa shape index (κ3) is 2.37. The number of anilines is 1. The Balaban J connectivity index is 1.72. The molecule has 2 unspecified atom stereocenters. The Morgan fingerprint density at radius 2 is 2.11 bits per heavy atom. The zero-order valence-corrected chi connectivity index (χ0v) is 11.1. The molecule has 2 fully saturated rings. The van der Waals surface area contributed by atoms with E-state index in [0.717, 1.165) is 12.8 Å². The summed E-state index contributed by atoms with van der Waals surface area (Å²) in [5.41, 5.74) is 0. The number of nitrogens with zero attached hydrogens (tertiary/aromatic N) is 2. The van der Waals surface area contributed by atoms with Crippen LogP contribution < -0.4 is 15.4 Å². The Morgan fingerprint density at radius 1 is 1.39 bits per heavy atom. The average Bonchev–Trinajstić information content (AvgIpc) is 2.71. The molecule has 2 bridgehead atoms. The van der Waals surface area contributed by atoms with Crippen molar-refractivity contribution >= 4 is 17.4 Å². The quantitative estimate of drug-likeness (QED) is 0.876. The van der Waals surface area contributed by atoms with Crippen LogP contribution in [0.2, 0.25) is 5.02 Å². The summed E-state index contributed by atoms with van der Waals surface area (Å²) >= 11 is 6.10. The van der Waals surface area contributed by atoms with Gasteiger partial charge >= 0.3 is 6.01 Å². The number of rotatable bonds is 3. The molecule has 0 amide bonds. The third-order valence-corrected chi connectivity index (χ3v) is 4.00. The summed E-state index contributed by atoms with van der Waals surface area (Å²) in [6.45, 7) is 0. The lowest BCUT2D eigenvalue weighted by molar-refractivity contribution is 0.372. The lowest BCUT2D eigenvalue weighted by Gasteiger charge is -2.30. The van der Waals surface area contributed by atoms with Crippen LogP contribution in [0.5, 0.6) is 6.01 Å². The Morgan fingerprint density at radius 3 is 2.78 bits per heavy atom. The number of halogens is 1. The van der Waals surface area contributed by atoms with E-state index in [1.54, 1.807) is 13.3 Å². The molecule has 0 aliphatic carbocycles. The zero-order valence-electron chi connectivity index (χ0n) is 10.3. The van der Waals surface area contributed by atoms with Gasteiger partial charge in [-0.15, -0.1) is 0 Å². The van der Waals surface area contributed by atoms with Gasteiger partial charge in [-0.05, 0) is 25.7 Å². The molecule has 0 aromatic carbocycles. The Hall–Kier alpha value is -1.07. The molecule has 2 N–H and O–H groups in total. The number of ether oxygens (including phenoxy) is 1. The van der Waals surface area contributed by atoms with Gasteiger partial charge in [-0.25, -0.2) is 4.98 Å². The Bertz CT molecular complexity index is 430. The first-order valence-electron chi connectivity index (χ1n) is 6.33. The number of piperidine rings is 1. The molecule has 3 rings (SSSR count). The minimum atomic E-state index is 0.346. The van der Waals surface area contributed by atoms with Crippen LogP contribution in [0.15, 0.2) is 6.20 Å². The van der Waals surface area contributed by atoms with E-state index in [1.165, 1.54) is 12.8 Å². The SMILES string of the molecule is COc1ncc(Cl)c(NC2CC3CCC(C2)N3)n1. The molecule has 0 saturated carbocycles. The molecule has 2 aliphatic heterocycles. The lowest BCUT2D eigenvalue weighted by Crippen LogP contribution is -2.43. The number of aromatic nitrogens is 2. The molecule has 18 heavy (non-hydrogen) atoms. The molecular weight excluding hydrogens is 252 g/mol. The molecule has 5 nitrogen and oxygen atoms in total.